The quantitative estimate of drug-likeness (QED) is 0.673. The molecule has 0 radical (unpaired) electrons. The lowest BCUT2D eigenvalue weighted by Crippen LogP contribution is -2.47. The molecule has 1 heterocycles. The van der Waals surface area contributed by atoms with Crippen LogP contribution in [0.5, 0.6) is 5.75 Å². The molecule has 2 aromatic carbocycles. The maximum Gasteiger partial charge on any atom is 0.257 e. The minimum Gasteiger partial charge on any atom is -0.491 e. The Hall–Kier alpha value is -2.90. The molecule has 2 aromatic rings. The summed E-state index contributed by atoms with van der Waals surface area (Å²) in [7, 11) is 3.49. The first-order valence-electron chi connectivity index (χ1n) is 12.4. The third kappa shape index (κ3) is 7.29. The third-order valence-corrected chi connectivity index (χ3v) is 6.71. The highest BCUT2D eigenvalue weighted by Gasteiger charge is 2.28. The highest BCUT2D eigenvalue weighted by molar-refractivity contribution is 5.99. The number of likely N-dealkylation sites (N-methyl/N-ethyl adjacent to an activating group) is 1. The lowest BCUT2D eigenvalue weighted by atomic mass is 10.0. The molecule has 0 saturated heterocycles. The summed E-state index contributed by atoms with van der Waals surface area (Å²) in [5.74, 6) is 0.475. The summed E-state index contributed by atoms with van der Waals surface area (Å²) in [6.07, 6.45) is 1.21. The van der Waals surface area contributed by atoms with E-state index in [-0.39, 0.29) is 29.9 Å². The summed E-state index contributed by atoms with van der Waals surface area (Å²) in [6, 6.07) is 15.9. The monoisotopic (exact) mass is 481 g/mol. The smallest absolute Gasteiger partial charge is 0.257 e. The maximum atomic E-state index is 13.4. The summed E-state index contributed by atoms with van der Waals surface area (Å²) in [5.41, 5.74) is 2.33. The molecular weight excluding hydrogens is 442 g/mol. The molecule has 1 N–H and O–H groups in total. The van der Waals surface area contributed by atoms with Gasteiger partial charge in [-0.15, -0.1) is 0 Å². The van der Waals surface area contributed by atoms with Crippen molar-refractivity contribution in [1.82, 2.24) is 9.80 Å². The van der Waals surface area contributed by atoms with Gasteiger partial charge in [-0.2, -0.15) is 0 Å². The van der Waals surface area contributed by atoms with Gasteiger partial charge in [0.15, 0.2) is 0 Å². The van der Waals surface area contributed by atoms with Gasteiger partial charge in [0.05, 0.1) is 11.7 Å². The summed E-state index contributed by atoms with van der Waals surface area (Å²) < 4.78 is 12.1. The number of nitrogens with one attached hydrogen (secondary N) is 1. The first-order chi connectivity index (χ1) is 16.8. The van der Waals surface area contributed by atoms with E-state index < -0.39 is 0 Å². The van der Waals surface area contributed by atoms with Crippen molar-refractivity contribution in [3.05, 3.63) is 59.7 Å². The number of fused-ring (bicyclic) bond motifs is 1. The zero-order chi connectivity index (χ0) is 25.4. The fraction of sp³-hybridized carbons (Fsp3) is 0.500. The number of hydrogen-bond donors (Lipinski definition) is 1. The van der Waals surface area contributed by atoms with Crippen molar-refractivity contribution in [3.8, 4) is 5.75 Å². The predicted octanol–water partition coefficient (Wildman–Crippen LogP) is 4.08. The fourth-order valence-corrected chi connectivity index (χ4v) is 4.41. The number of amides is 2. The molecule has 0 unspecified atom stereocenters. The maximum absolute atomic E-state index is 13.4. The molecule has 190 valence electrons. The molecule has 35 heavy (non-hydrogen) atoms. The molecule has 1 aliphatic heterocycles. The highest BCUT2D eigenvalue weighted by atomic mass is 16.5. The minimum absolute atomic E-state index is 0.101. The van der Waals surface area contributed by atoms with Crippen LogP contribution in [0.3, 0.4) is 0 Å². The Labute approximate surface area is 209 Å². The molecule has 0 saturated carbocycles. The molecular formula is C28H39N3O4. The van der Waals surface area contributed by atoms with E-state index in [2.05, 4.69) is 48.3 Å². The Morgan fingerprint density at radius 2 is 1.89 bits per heavy atom. The molecule has 0 aromatic heterocycles. The number of anilines is 1. The topological polar surface area (TPSA) is 71.1 Å². The van der Waals surface area contributed by atoms with E-state index in [1.54, 1.807) is 44.2 Å². The van der Waals surface area contributed by atoms with Crippen molar-refractivity contribution in [3.63, 3.8) is 0 Å². The Morgan fingerprint density at radius 3 is 2.57 bits per heavy atom. The average Bonchev–Trinajstić information content (AvgIpc) is 2.87. The van der Waals surface area contributed by atoms with E-state index in [4.69, 9.17) is 9.47 Å². The molecule has 7 nitrogen and oxygen atoms in total. The highest BCUT2D eigenvalue weighted by Crippen LogP contribution is 2.26. The molecule has 7 heteroatoms. The Balaban J connectivity index is 1.88. The van der Waals surface area contributed by atoms with Crippen molar-refractivity contribution in [2.45, 2.75) is 45.8 Å². The lowest BCUT2D eigenvalue weighted by Gasteiger charge is -2.36. The molecule has 0 aliphatic carbocycles. The van der Waals surface area contributed by atoms with Crippen LogP contribution < -0.4 is 10.1 Å². The van der Waals surface area contributed by atoms with E-state index in [9.17, 15) is 9.59 Å². The SMILES string of the molecule is CCC(=O)Nc1ccc2c(c1)C(=O)N(C)C[C@@H](OC)[C@@H](C)CN(CCc1ccccc1)[C@@H](C)CO2. The average molecular weight is 482 g/mol. The van der Waals surface area contributed by atoms with Crippen molar-refractivity contribution in [2.24, 2.45) is 5.92 Å². The number of carbonyl (C=O) groups excluding carboxylic acids is 2. The van der Waals surface area contributed by atoms with Crippen LogP contribution >= 0.6 is 0 Å². The summed E-state index contributed by atoms with van der Waals surface area (Å²) in [5, 5.41) is 2.84. The standard InChI is InChI=1S/C28H39N3O4/c1-6-27(32)29-23-12-13-25-24(16-23)28(33)30(4)18-26(34-5)20(2)17-31(21(3)19-35-25)15-14-22-10-8-7-9-11-22/h7-13,16,20-21,26H,6,14-15,17-19H2,1-5H3,(H,29,32)/t20-,21-,26+/m0/s1. The third-order valence-electron chi connectivity index (χ3n) is 6.71. The second-order valence-corrected chi connectivity index (χ2v) is 9.44. The van der Waals surface area contributed by atoms with E-state index in [1.165, 1.54) is 5.56 Å². The van der Waals surface area contributed by atoms with E-state index in [0.29, 0.717) is 36.6 Å². The van der Waals surface area contributed by atoms with Crippen molar-refractivity contribution in [2.75, 3.05) is 45.7 Å². The molecule has 2 amide bonds. The Kier molecular flexibility index (Phi) is 9.69. The zero-order valence-corrected chi connectivity index (χ0v) is 21.6. The largest absolute Gasteiger partial charge is 0.491 e. The zero-order valence-electron chi connectivity index (χ0n) is 21.6. The summed E-state index contributed by atoms with van der Waals surface area (Å²) in [6.45, 7) is 8.78. The van der Waals surface area contributed by atoms with Gasteiger partial charge in [0.2, 0.25) is 5.91 Å². The van der Waals surface area contributed by atoms with Crippen LogP contribution in [-0.4, -0.2) is 74.2 Å². The van der Waals surface area contributed by atoms with Crippen molar-refractivity contribution >= 4 is 17.5 Å². The number of rotatable bonds is 6. The van der Waals surface area contributed by atoms with Crippen LogP contribution in [0.1, 0.15) is 43.1 Å². The predicted molar refractivity (Wildman–Crippen MR) is 139 cm³/mol. The van der Waals surface area contributed by atoms with Gasteiger partial charge in [-0.05, 0) is 43.0 Å². The van der Waals surface area contributed by atoms with Gasteiger partial charge in [-0.3, -0.25) is 14.5 Å². The Morgan fingerprint density at radius 1 is 1.14 bits per heavy atom. The van der Waals surface area contributed by atoms with Crippen molar-refractivity contribution < 1.29 is 19.1 Å². The van der Waals surface area contributed by atoms with E-state index in [1.807, 2.05) is 6.07 Å². The molecule has 0 fully saturated rings. The normalized spacial score (nSPS) is 21.9. The number of carbonyl (C=O) groups is 2. The van der Waals surface area contributed by atoms with Crippen molar-refractivity contribution in [1.29, 1.82) is 0 Å². The van der Waals surface area contributed by atoms with Crippen LogP contribution in [0.2, 0.25) is 0 Å². The van der Waals surface area contributed by atoms with Crippen LogP contribution in [0.4, 0.5) is 5.69 Å². The van der Waals surface area contributed by atoms with E-state index >= 15 is 0 Å². The van der Waals surface area contributed by atoms with Gasteiger partial charge in [0.25, 0.3) is 5.91 Å². The molecule has 0 spiro atoms. The van der Waals surface area contributed by atoms with Gasteiger partial charge in [0, 0.05) is 51.9 Å². The molecule has 3 atom stereocenters. The van der Waals surface area contributed by atoms with Gasteiger partial charge in [-0.1, -0.05) is 44.2 Å². The molecule has 1 aliphatic rings. The van der Waals surface area contributed by atoms with Gasteiger partial charge >= 0.3 is 0 Å². The molecule has 3 rings (SSSR count). The van der Waals surface area contributed by atoms with Crippen LogP contribution in [-0.2, 0) is 16.0 Å². The van der Waals surface area contributed by atoms with Crippen LogP contribution in [0.25, 0.3) is 0 Å². The summed E-state index contributed by atoms with van der Waals surface area (Å²) >= 11 is 0. The first-order valence-corrected chi connectivity index (χ1v) is 12.4. The van der Waals surface area contributed by atoms with Gasteiger partial charge in [-0.25, -0.2) is 0 Å². The summed E-state index contributed by atoms with van der Waals surface area (Å²) in [4.78, 5) is 29.4. The number of hydrogen-bond acceptors (Lipinski definition) is 5. The van der Waals surface area contributed by atoms with Gasteiger partial charge < -0.3 is 19.7 Å². The van der Waals surface area contributed by atoms with E-state index in [0.717, 1.165) is 19.5 Å². The lowest BCUT2D eigenvalue weighted by molar-refractivity contribution is -0.115. The van der Waals surface area contributed by atoms with Crippen LogP contribution in [0.15, 0.2) is 48.5 Å². The Bertz CT molecular complexity index is 981. The second kappa shape index (κ2) is 12.7. The van der Waals surface area contributed by atoms with Gasteiger partial charge in [0.1, 0.15) is 12.4 Å². The van der Waals surface area contributed by atoms with Crippen LogP contribution in [0, 0.1) is 5.92 Å². The fourth-order valence-electron chi connectivity index (χ4n) is 4.41. The number of benzene rings is 2. The minimum atomic E-state index is -0.156. The number of nitrogens with zero attached hydrogens (tertiary/aromatic N) is 2. The first kappa shape index (κ1) is 26.7. The number of methoxy groups -OCH3 is 1. The molecule has 0 bridgehead atoms. The second-order valence-electron chi connectivity index (χ2n) is 9.44. The number of ether oxygens (including phenoxy) is 2.